The van der Waals surface area contributed by atoms with Crippen LogP contribution in [0.15, 0.2) is 0 Å². The summed E-state index contributed by atoms with van der Waals surface area (Å²) in [5.41, 5.74) is 5.51. The molecule has 0 bridgehead atoms. The second kappa shape index (κ2) is 13.5. The van der Waals surface area contributed by atoms with Crippen molar-refractivity contribution in [3.8, 4) is 0 Å². The van der Waals surface area contributed by atoms with Crippen molar-refractivity contribution >= 4 is 48.1 Å². The van der Waals surface area contributed by atoms with Crippen LogP contribution in [0, 0.1) is 0 Å². The van der Waals surface area contributed by atoms with Crippen molar-refractivity contribution in [2.75, 3.05) is 5.75 Å². The molecule has 6 atom stereocenters. The van der Waals surface area contributed by atoms with Crippen molar-refractivity contribution in [1.82, 2.24) is 26.6 Å². The Morgan fingerprint density at radius 2 is 0.875 bits per heavy atom. The summed E-state index contributed by atoms with van der Waals surface area (Å²) < 4.78 is 0. The molecule has 0 aromatic heterocycles. The van der Waals surface area contributed by atoms with E-state index in [0.29, 0.717) is 0 Å². The molecule has 0 unspecified atom stereocenters. The fourth-order valence-electron chi connectivity index (χ4n) is 2.08. The Labute approximate surface area is 191 Å². The van der Waals surface area contributed by atoms with Crippen LogP contribution in [0.5, 0.6) is 0 Å². The standard InChI is InChI=1S/C18H32N6O7S/c1-7(14(26)22-9(3)16(28)24-11(5)18(30)31)20-13(25)8(2)21-15(27)10(4)23-17(29)12(19)6-32/h7-12,32H,6,19H2,1-5H3,(H,20,25)(H,21,27)(H,22,26)(H,23,29)(H,24,28)(H,30,31)/t7-,8-,9-,10-,11-,12-/m0/s1. The van der Waals surface area contributed by atoms with Crippen LogP contribution in [0.25, 0.3) is 0 Å². The highest BCUT2D eigenvalue weighted by Crippen LogP contribution is 1.94. The molecule has 0 aliphatic carbocycles. The summed E-state index contributed by atoms with van der Waals surface area (Å²) >= 11 is 3.90. The zero-order valence-electron chi connectivity index (χ0n) is 18.6. The van der Waals surface area contributed by atoms with Crippen LogP contribution >= 0.6 is 12.6 Å². The normalized spacial score (nSPS) is 16.2. The van der Waals surface area contributed by atoms with Gasteiger partial charge in [-0.3, -0.25) is 28.8 Å². The van der Waals surface area contributed by atoms with E-state index in [4.69, 9.17) is 10.8 Å². The van der Waals surface area contributed by atoms with E-state index in [-0.39, 0.29) is 5.75 Å². The fourth-order valence-corrected chi connectivity index (χ4v) is 2.25. The monoisotopic (exact) mass is 476 g/mol. The number of rotatable bonds is 12. The summed E-state index contributed by atoms with van der Waals surface area (Å²) in [6.07, 6.45) is 0. The van der Waals surface area contributed by atoms with E-state index in [9.17, 15) is 28.8 Å². The molecular formula is C18H32N6O7S. The Morgan fingerprint density at radius 3 is 1.12 bits per heavy atom. The molecule has 0 radical (unpaired) electrons. The van der Waals surface area contributed by atoms with Crippen LogP contribution in [0.3, 0.4) is 0 Å². The highest BCUT2D eigenvalue weighted by Gasteiger charge is 2.26. The van der Waals surface area contributed by atoms with Crippen LogP contribution in [0.4, 0.5) is 0 Å². The van der Waals surface area contributed by atoms with E-state index in [1.807, 2.05) is 0 Å². The first kappa shape index (κ1) is 29.1. The predicted octanol–water partition coefficient (Wildman–Crippen LogP) is -3.15. The molecule has 0 saturated carbocycles. The van der Waals surface area contributed by atoms with Gasteiger partial charge in [0.05, 0.1) is 6.04 Å². The summed E-state index contributed by atoms with van der Waals surface area (Å²) in [5, 5.41) is 20.5. The number of carboxylic acid groups (broad SMARTS) is 1. The third-order valence-corrected chi connectivity index (χ3v) is 4.66. The summed E-state index contributed by atoms with van der Waals surface area (Å²) in [7, 11) is 0. The second-order valence-electron chi connectivity index (χ2n) is 7.28. The van der Waals surface area contributed by atoms with Crippen molar-refractivity contribution in [2.45, 2.75) is 70.9 Å². The maximum Gasteiger partial charge on any atom is 0.325 e. The minimum atomic E-state index is -1.23. The van der Waals surface area contributed by atoms with Gasteiger partial charge in [0, 0.05) is 5.75 Å². The van der Waals surface area contributed by atoms with Crippen LogP contribution in [0.2, 0.25) is 0 Å². The van der Waals surface area contributed by atoms with E-state index < -0.39 is 71.8 Å². The van der Waals surface area contributed by atoms with Crippen molar-refractivity contribution in [3.05, 3.63) is 0 Å². The van der Waals surface area contributed by atoms with E-state index in [0.717, 1.165) is 0 Å². The number of thiol groups is 1. The largest absolute Gasteiger partial charge is 0.480 e. The molecule has 0 rings (SSSR count). The van der Waals surface area contributed by atoms with Gasteiger partial charge >= 0.3 is 5.97 Å². The Balaban J connectivity index is 4.65. The zero-order chi connectivity index (χ0) is 25.2. The first-order valence-corrected chi connectivity index (χ1v) is 10.5. The van der Waals surface area contributed by atoms with Crippen molar-refractivity contribution in [2.24, 2.45) is 5.73 Å². The van der Waals surface area contributed by atoms with Crippen molar-refractivity contribution in [3.63, 3.8) is 0 Å². The molecule has 182 valence electrons. The van der Waals surface area contributed by atoms with Crippen LogP contribution in [0.1, 0.15) is 34.6 Å². The number of hydrogen-bond acceptors (Lipinski definition) is 8. The molecule has 0 spiro atoms. The molecule has 32 heavy (non-hydrogen) atoms. The van der Waals surface area contributed by atoms with Gasteiger partial charge in [0.2, 0.25) is 29.5 Å². The lowest BCUT2D eigenvalue weighted by Crippen LogP contribution is -2.57. The van der Waals surface area contributed by atoms with Gasteiger partial charge in [0.15, 0.2) is 0 Å². The number of aliphatic carboxylic acids is 1. The van der Waals surface area contributed by atoms with Crippen LogP contribution in [-0.4, -0.2) is 82.6 Å². The predicted molar refractivity (Wildman–Crippen MR) is 117 cm³/mol. The SMILES string of the molecule is C[C@H](NC(=O)[C@H](C)NC(=O)[C@H](C)NC(=O)[C@H](C)NC(=O)[C@H](C)NC(=O)[C@@H](N)CS)C(=O)O. The Hall–Kier alpha value is -2.87. The molecule has 14 heteroatoms. The lowest BCUT2D eigenvalue weighted by molar-refractivity contribution is -0.141. The van der Waals surface area contributed by atoms with Gasteiger partial charge in [-0.2, -0.15) is 12.6 Å². The Kier molecular flexibility index (Phi) is 12.3. The Morgan fingerprint density at radius 1 is 0.625 bits per heavy atom. The van der Waals surface area contributed by atoms with E-state index >= 15 is 0 Å². The molecule has 0 saturated heterocycles. The molecule has 8 N–H and O–H groups in total. The summed E-state index contributed by atoms with van der Waals surface area (Å²) in [5.74, 6) is -4.42. The lowest BCUT2D eigenvalue weighted by atomic mass is 10.2. The number of hydrogen-bond donors (Lipinski definition) is 8. The molecule has 0 fully saturated rings. The minimum Gasteiger partial charge on any atom is -0.480 e. The zero-order valence-corrected chi connectivity index (χ0v) is 19.5. The second-order valence-corrected chi connectivity index (χ2v) is 7.64. The number of carboxylic acids is 1. The van der Waals surface area contributed by atoms with Gasteiger partial charge in [-0.25, -0.2) is 0 Å². The number of carbonyl (C=O) groups excluding carboxylic acids is 5. The van der Waals surface area contributed by atoms with Crippen molar-refractivity contribution in [1.29, 1.82) is 0 Å². The highest BCUT2D eigenvalue weighted by atomic mass is 32.1. The van der Waals surface area contributed by atoms with Gasteiger partial charge < -0.3 is 37.4 Å². The van der Waals surface area contributed by atoms with E-state index in [1.165, 1.54) is 34.6 Å². The number of nitrogens with two attached hydrogens (primary N) is 1. The molecule has 0 aromatic carbocycles. The third-order valence-electron chi connectivity index (χ3n) is 4.27. The number of amides is 5. The maximum atomic E-state index is 12.3. The number of carbonyl (C=O) groups is 6. The quantitative estimate of drug-likeness (QED) is 0.135. The van der Waals surface area contributed by atoms with E-state index in [2.05, 4.69) is 39.2 Å². The number of nitrogens with one attached hydrogen (secondary N) is 5. The van der Waals surface area contributed by atoms with Gasteiger partial charge in [-0.05, 0) is 34.6 Å². The molecular weight excluding hydrogens is 444 g/mol. The average Bonchev–Trinajstić information content (AvgIpc) is 2.71. The average molecular weight is 477 g/mol. The molecule has 0 aliphatic rings. The highest BCUT2D eigenvalue weighted by molar-refractivity contribution is 7.80. The molecule has 13 nitrogen and oxygen atoms in total. The molecule has 0 aromatic rings. The lowest BCUT2D eigenvalue weighted by Gasteiger charge is -2.22. The Bertz CT molecular complexity index is 735. The first-order chi connectivity index (χ1) is 14.7. The fraction of sp³-hybridized carbons (Fsp3) is 0.667. The van der Waals surface area contributed by atoms with Gasteiger partial charge in [0.1, 0.15) is 30.2 Å². The topological polar surface area (TPSA) is 209 Å². The third kappa shape index (κ3) is 9.96. The van der Waals surface area contributed by atoms with Gasteiger partial charge in [-0.15, -0.1) is 0 Å². The summed E-state index contributed by atoms with van der Waals surface area (Å²) in [4.78, 5) is 71.0. The van der Waals surface area contributed by atoms with Crippen LogP contribution in [-0.2, 0) is 28.8 Å². The smallest absolute Gasteiger partial charge is 0.325 e. The summed E-state index contributed by atoms with van der Waals surface area (Å²) in [6, 6.07) is -6.12. The van der Waals surface area contributed by atoms with Crippen molar-refractivity contribution < 1.29 is 33.9 Å². The maximum absolute atomic E-state index is 12.3. The summed E-state index contributed by atoms with van der Waals surface area (Å²) in [6.45, 7) is 6.79. The van der Waals surface area contributed by atoms with Crippen LogP contribution < -0.4 is 32.3 Å². The first-order valence-electron chi connectivity index (χ1n) is 9.82. The van der Waals surface area contributed by atoms with Gasteiger partial charge in [0.25, 0.3) is 0 Å². The minimum absolute atomic E-state index is 0.0950. The molecule has 0 heterocycles. The van der Waals surface area contributed by atoms with E-state index in [1.54, 1.807) is 0 Å². The molecule has 0 aliphatic heterocycles. The molecule has 5 amide bonds. The van der Waals surface area contributed by atoms with Gasteiger partial charge in [-0.1, -0.05) is 0 Å².